The zero-order valence-corrected chi connectivity index (χ0v) is 13.8. The van der Waals surface area contributed by atoms with E-state index in [1.54, 1.807) is 24.3 Å². The summed E-state index contributed by atoms with van der Waals surface area (Å²) < 4.78 is 0. The molecule has 0 radical (unpaired) electrons. The van der Waals surface area contributed by atoms with Gasteiger partial charge in [-0.15, -0.1) is 0 Å². The second-order valence-electron chi connectivity index (χ2n) is 5.40. The molecule has 0 saturated carbocycles. The van der Waals surface area contributed by atoms with Crippen LogP contribution in [0.5, 0.6) is 0 Å². The number of anilines is 1. The minimum Gasteiger partial charge on any atom is -0.325 e. The minimum absolute atomic E-state index is 0.121. The number of carbonyl (C=O) groups excluding carboxylic acids is 1. The van der Waals surface area contributed by atoms with E-state index >= 15 is 0 Å². The van der Waals surface area contributed by atoms with E-state index in [-0.39, 0.29) is 11.9 Å². The van der Waals surface area contributed by atoms with Crippen molar-refractivity contribution in [1.29, 1.82) is 5.26 Å². The third-order valence-corrected chi connectivity index (χ3v) is 3.86. The van der Waals surface area contributed by atoms with Gasteiger partial charge >= 0.3 is 0 Å². The van der Waals surface area contributed by atoms with Gasteiger partial charge in [0.1, 0.15) is 0 Å². The van der Waals surface area contributed by atoms with Crippen LogP contribution < -0.4 is 5.32 Å². The van der Waals surface area contributed by atoms with Crippen molar-refractivity contribution in [3.8, 4) is 6.07 Å². The molecule has 118 valence electrons. The average molecular weight is 328 g/mol. The second kappa shape index (κ2) is 7.77. The fourth-order valence-corrected chi connectivity index (χ4v) is 2.39. The number of carbonyl (C=O) groups is 1. The van der Waals surface area contributed by atoms with E-state index in [4.69, 9.17) is 16.9 Å². The van der Waals surface area contributed by atoms with E-state index in [2.05, 4.69) is 11.4 Å². The van der Waals surface area contributed by atoms with Gasteiger partial charge in [0.25, 0.3) is 0 Å². The van der Waals surface area contributed by atoms with Crippen LogP contribution in [0.3, 0.4) is 0 Å². The molecular formula is C18H18ClN3O. The van der Waals surface area contributed by atoms with E-state index < -0.39 is 0 Å². The fourth-order valence-electron chi connectivity index (χ4n) is 2.17. The normalized spacial score (nSPS) is 11.8. The summed E-state index contributed by atoms with van der Waals surface area (Å²) in [7, 11) is 1.89. The molecule has 0 bridgehead atoms. The Bertz CT molecular complexity index is 739. The molecule has 0 heterocycles. The first-order chi connectivity index (χ1) is 11.0. The number of hydrogen-bond donors (Lipinski definition) is 1. The standard InChI is InChI=1S/C18H18ClN3O/c1-13(22(2)12-15-6-3-7-16(19)9-15)18(23)21-17-8-4-5-14(10-17)11-20/h3-10,13H,12H2,1-2H3,(H,21,23)/t13-/m1/s1. The largest absolute Gasteiger partial charge is 0.325 e. The van der Waals surface area contributed by atoms with Crippen molar-refractivity contribution in [1.82, 2.24) is 4.90 Å². The highest BCUT2D eigenvalue weighted by Gasteiger charge is 2.18. The molecular weight excluding hydrogens is 310 g/mol. The lowest BCUT2D eigenvalue weighted by atomic mass is 10.1. The molecule has 0 aliphatic rings. The number of amides is 1. The monoisotopic (exact) mass is 327 g/mol. The molecule has 0 unspecified atom stereocenters. The summed E-state index contributed by atoms with van der Waals surface area (Å²) in [4.78, 5) is 14.3. The predicted molar refractivity (Wildman–Crippen MR) is 92.2 cm³/mol. The molecule has 23 heavy (non-hydrogen) atoms. The fraction of sp³-hybridized carbons (Fsp3) is 0.222. The molecule has 5 heteroatoms. The Morgan fingerprint density at radius 3 is 2.74 bits per heavy atom. The van der Waals surface area contributed by atoms with Gasteiger partial charge < -0.3 is 5.32 Å². The second-order valence-corrected chi connectivity index (χ2v) is 5.84. The Kier molecular flexibility index (Phi) is 5.75. The maximum Gasteiger partial charge on any atom is 0.241 e. The number of rotatable bonds is 5. The van der Waals surface area contributed by atoms with Crippen molar-refractivity contribution >= 4 is 23.2 Å². The Labute approximate surface area is 141 Å². The van der Waals surface area contributed by atoms with Crippen LogP contribution in [-0.2, 0) is 11.3 Å². The average Bonchev–Trinajstić information content (AvgIpc) is 2.54. The topological polar surface area (TPSA) is 56.1 Å². The van der Waals surface area contributed by atoms with E-state index in [1.165, 1.54) is 0 Å². The summed E-state index contributed by atoms with van der Waals surface area (Å²) in [5.74, 6) is -0.121. The van der Waals surface area contributed by atoms with E-state index in [9.17, 15) is 4.79 Å². The minimum atomic E-state index is -0.320. The van der Waals surface area contributed by atoms with Crippen molar-refractivity contribution in [2.45, 2.75) is 19.5 Å². The SMILES string of the molecule is C[C@H](C(=O)Nc1cccc(C#N)c1)N(C)Cc1cccc(Cl)c1. The molecule has 2 aromatic carbocycles. The summed E-state index contributed by atoms with van der Waals surface area (Å²) in [6, 6.07) is 16.2. The molecule has 0 fully saturated rings. The van der Waals surface area contributed by atoms with Gasteiger partial charge in [0.05, 0.1) is 17.7 Å². The lowest BCUT2D eigenvalue weighted by Gasteiger charge is -2.24. The lowest BCUT2D eigenvalue weighted by molar-refractivity contribution is -0.120. The van der Waals surface area contributed by atoms with Crippen molar-refractivity contribution in [3.05, 3.63) is 64.7 Å². The molecule has 1 N–H and O–H groups in total. The van der Waals surface area contributed by atoms with Gasteiger partial charge in [-0.05, 0) is 49.9 Å². The van der Waals surface area contributed by atoms with E-state index in [0.717, 1.165) is 5.56 Å². The number of nitriles is 1. The Morgan fingerprint density at radius 1 is 1.30 bits per heavy atom. The van der Waals surface area contributed by atoms with Gasteiger partial charge in [0.2, 0.25) is 5.91 Å². The third-order valence-electron chi connectivity index (χ3n) is 3.62. The first kappa shape index (κ1) is 17.0. The zero-order chi connectivity index (χ0) is 16.8. The van der Waals surface area contributed by atoms with Crippen LogP contribution in [0.15, 0.2) is 48.5 Å². The van der Waals surface area contributed by atoms with Crippen LogP contribution in [0, 0.1) is 11.3 Å². The highest BCUT2D eigenvalue weighted by Crippen LogP contribution is 2.15. The van der Waals surface area contributed by atoms with Gasteiger partial charge in [-0.3, -0.25) is 9.69 Å². The van der Waals surface area contributed by atoms with Gasteiger partial charge in [-0.1, -0.05) is 29.8 Å². The van der Waals surface area contributed by atoms with Crippen LogP contribution in [0.2, 0.25) is 5.02 Å². The maximum atomic E-state index is 12.3. The summed E-state index contributed by atoms with van der Waals surface area (Å²) in [6.07, 6.45) is 0. The lowest BCUT2D eigenvalue weighted by Crippen LogP contribution is -2.39. The molecule has 4 nitrogen and oxygen atoms in total. The predicted octanol–water partition coefficient (Wildman–Crippen LogP) is 3.67. The Balaban J connectivity index is 1.99. The number of halogens is 1. The summed E-state index contributed by atoms with van der Waals surface area (Å²) in [5, 5.41) is 12.4. The molecule has 0 saturated heterocycles. The van der Waals surface area contributed by atoms with E-state index in [1.807, 2.05) is 43.1 Å². The van der Waals surface area contributed by atoms with Crippen molar-refractivity contribution in [2.75, 3.05) is 12.4 Å². The summed E-state index contributed by atoms with van der Waals surface area (Å²) >= 11 is 5.98. The summed E-state index contributed by atoms with van der Waals surface area (Å²) in [6.45, 7) is 2.46. The number of benzene rings is 2. The third kappa shape index (κ3) is 4.82. The van der Waals surface area contributed by atoms with Crippen LogP contribution in [0.4, 0.5) is 5.69 Å². The van der Waals surface area contributed by atoms with Crippen molar-refractivity contribution in [3.63, 3.8) is 0 Å². The van der Waals surface area contributed by atoms with Crippen LogP contribution >= 0.6 is 11.6 Å². The molecule has 0 aliphatic carbocycles. The number of nitrogens with zero attached hydrogens (tertiary/aromatic N) is 2. The maximum absolute atomic E-state index is 12.3. The van der Waals surface area contributed by atoms with Gasteiger partial charge in [-0.2, -0.15) is 5.26 Å². The zero-order valence-electron chi connectivity index (χ0n) is 13.1. The van der Waals surface area contributed by atoms with Gasteiger partial charge in [0, 0.05) is 17.3 Å². The smallest absolute Gasteiger partial charge is 0.241 e. The first-order valence-corrected chi connectivity index (χ1v) is 7.63. The molecule has 0 spiro atoms. The molecule has 0 aromatic heterocycles. The Morgan fingerprint density at radius 2 is 2.04 bits per heavy atom. The van der Waals surface area contributed by atoms with Gasteiger partial charge in [0.15, 0.2) is 0 Å². The van der Waals surface area contributed by atoms with Crippen LogP contribution in [0.1, 0.15) is 18.1 Å². The van der Waals surface area contributed by atoms with E-state index in [0.29, 0.717) is 22.8 Å². The highest BCUT2D eigenvalue weighted by atomic mass is 35.5. The van der Waals surface area contributed by atoms with Gasteiger partial charge in [-0.25, -0.2) is 0 Å². The Hall–Kier alpha value is -2.35. The summed E-state index contributed by atoms with van der Waals surface area (Å²) in [5.41, 5.74) is 2.19. The molecule has 2 rings (SSSR count). The van der Waals surface area contributed by atoms with Crippen LogP contribution in [-0.4, -0.2) is 23.9 Å². The number of hydrogen-bond acceptors (Lipinski definition) is 3. The molecule has 1 atom stereocenters. The highest BCUT2D eigenvalue weighted by molar-refractivity contribution is 6.30. The number of nitrogens with one attached hydrogen (secondary N) is 1. The quantitative estimate of drug-likeness (QED) is 0.911. The van der Waals surface area contributed by atoms with Crippen molar-refractivity contribution in [2.24, 2.45) is 0 Å². The number of likely N-dealkylation sites (N-methyl/N-ethyl adjacent to an activating group) is 1. The first-order valence-electron chi connectivity index (χ1n) is 7.25. The molecule has 0 aliphatic heterocycles. The van der Waals surface area contributed by atoms with Crippen molar-refractivity contribution < 1.29 is 4.79 Å². The molecule has 1 amide bonds. The van der Waals surface area contributed by atoms with Crippen LogP contribution in [0.25, 0.3) is 0 Å². The molecule has 2 aromatic rings.